The summed E-state index contributed by atoms with van der Waals surface area (Å²) in [5, 5.41) is -0.397. The Morgan fingerprint density at radius 3 is 2.32 bits per heavy atom. The first-order valence-electron chi connectivity index (χ1n) is 9.30. The molecule has 0 bridgehead atoms. The number of aryl methyl sites for hydroxylation is 1. The summed E-state index contributed by atoms with van der Waals surface area (Å²) in [6, 6.07) is 8.99. The molecule has 3 aliphatic rings. The van der Waals surface area contributed by atoms with E-state index in [0.29, 0.717) is 19.1 Å². The summed E-state index contributed by atoms with van der Waals surface area (Å²) in [4.78, 5) is 2.47. The van der Waals surface area contributed by atoms with Crippen LogP contribution in [0, 0.1) is 0 Å². The second kappa shape index (κ2) is 6.63. The SMILES string of the molecule is CC1NNC(C)C1S(=O)(=O)N1CCN(C2CCc3ccccc32)CC1. The molecule has 0 amide bonds. The largest absolute Gasteiger partial charge is 0.294 e. The quantitative estimate of drug-likeness (QED) is 0.833. The molecule has 1 aromatic rings. The van der Waals surface area contributed by atoms with Gasteiger partial charge in [-0.25, -0.2) is 8.42 Å². The van der Waals surface area contributed by atoms with E-state index in [-0.39, 0.29) is 12.1 Å². The van der Waals surface area contributed by atoms with Crippen LogP contribution >= 0.6 is 0 Å². The van der Waals surface area contributed by atoms with Crippen LogP contribution in [0.1, 0.15) is 37.4 Å². The van der Waals surface area contributed by atoms with E-state index in [0.717, 1.165) is 25.9 Å². The van der Waals surface area contributed by atoms with E-state index < -0.39 is 15.3 Å². The first-order chi connectivity index (χ1) is 12.0. The van der Waals surface area contributed by atoms with Gasteiger partial charge in [0.15, 0.2) is 0 Å². The molecule has 1 aromatic carbocycles. The molecule has 2 heterocycles. The van der Waals surface area contributed by atoms with E-state index in [1.807, 2.05) is 13.8 Å². The third kappa shape index (κ3) is 3.02. The molecular formula is C18H28N4O2S. The van der Waals surface area contributed by atoms with Crippen molar-refractivity contribution in [3.63, 3.8) is 0 Å². The lowest BCUT2D eigenvalue weighted by atomic mass is 10.1. The molecule has 1 aliphatic carbocycles. The van der Waals surface area contributed by atoms with E-state index in [1.54, 1.807) is 4.31 Å². The molecule has 0 saturated carbocycles. The van der Waals surface area contributed by atoms with Gasteiger partial charge in [0.1, 0.15) is 5.25 Å². The Morgan fingerprint density at radius 2 is 1.64 bits per heavy atom. The Bertz CT molecular complexity index is 720. The van der Waals surface area contributed by atoms with Gasteiger partial charge in [-0.05, 0) is 37.8 Å². The minimum atomic E-state index is -3.29. The molecule has 2 fully saturated rings. The molecule has 0 aromatic heterocycles. The summed E-state index contributed by atoms with van der Waals surface area (Å²) >= 11 is 0. The normalized spacial score (nSPS) is 34.3. The average Bonchev–Trinajstić information content (AvgIpc) is 3.18. The number of piperazine rings is 1. The summed E-state index contributed by atoms with van der Waals surface area (Å²) in [6.45, 7) is 6.69. The number of hydrogen-bond donors (Lipinski definition) is 2. The molecule has 0 radical (unpaired) electrons. The van der Waals surface area contributed by atoms with Crippen molar-refractivity contribution in [1.29, 1.82) is 0 Å². The maximum absolute atomic E-state index is 13.1. The van der Waals surface area contributed by atoms with Gasteiger partial charge in [-0.1, -0.05) is 24.3 Å². The predicted molar refractivity (Wildman–Crippen MR) is 98.6 cm³/mol. The Balaban J connectivity index is 1.44. The minimum Gasteiger partial charge on any atom is -0.294 e. The lowest BCUT2D eigenvalue weighted by Crippen LogP contribution is -2.54. The summed E-state index contributed by atoms with van der Waals surface area (Å²) < 4.78 is 27.8. The van der Waals surface area contributed by atoms with Gasteiger partial charge in [-0.3, -0.25) is 15.8 Å². The van der Waals surface area contributed by atoms with Crippen molar-refractivity contribution in [2.75, 3.05) is 26.2 Å². The lowest BCUT2D eigenvalue weighted by molar-refractivity contribution is 0.136. The maximum Gasteiger partial charge on any atom is 0.220 e. The average molecular weight is 365 g/mol. The molecule has 3 unspecified atom stereocenters. The second-order valence-electron chi connectivity index (χ2n) is 7.56. The zero-order chi connectivity index (χ0) is 17.6. The first-order valence-corrected chi connectivity index (χ1v) is 10.8. The Hall–Kier alpha value is -0.990. The Labute approximate surface area is 150 Å². The van der Waals surface area contributed by atoms with Crippen LogP contribution in [0.3, 0.4) is 0 Å². The molecule has 138 valence electrons. The zero-order valence-electron chi connectivity index (χ0n) is 15.0. The number of rotatable bonds is 3. The second-order valence-corrected chi connectivity index (χ2v) is 9.65. The molecule has 4 rings (SSSR count). The van der Waals surface area contributed by atoms with Crippen LogP contribution in [0.2, 0.25) is 0 Å². The highest BCUT2D eigenvalue weighted by Crippen LogP contribution is 2.36. The fourth-order valence-corrected chi connectivity index (χ4v) is 6.92. The minimum absolute atomic E-state index is 0.0697. The van der Waals surface area contributed by atoms with Gasteiger partial charge in [0.2, 0.25) is 10.0 Å². The van der Waals surface area contributed by atoms with Crippen LogP contribution in [-0.4, -0.2) is 61.1 Å². The van der Waals surface area contributed by atoms with Gasteiger partial charge in [-0.2, -0.15) is 4.31 Å². The zero-order valence-corrected chi connectivity index (χ0v) is 15.8. The van der Waals surface area contributed by atoms with Gasteiger partial charge >= 0.3 is 0 Å². The molecule has 6 nitrogen and oxygen atoms in total. The van der Waals surface area contributed by atoms with Crippen molar-refractivity contribution in [2.24, 2.45) is 0 Å². The topological polar surface area (TPSA) is 64.7 Å². The van der Waals surface area contributed by atoms with Crippen molar-refractivity contribution >= 4 is 10.0 Å². The molecule has 3 atom stereocenters. The van der Waals surface area contributed by atoms with E-state index in [4.69, 9.17) is 0 Å². The Kier molecular flexibility index (Phi) is 4.62. The van der Waals surface area contributed by atoms with Crippen molar-refractivity contribution in [3.8, 4) is 0 Å². The van der Waals surface area contributed by atoms with Crippen LogP contribution in [0.4, 0.5) is 0 Å². The fourth-order valence-electron chi connectivity index (χ4n) is 4.73. The van der Waals surface area contributed by atoms with Crippen LogP contribution < -0.4 is 10.9 Å². The van der Waals surface area contributed by atoms with Gasteiger partial charge in [0.05, 0.1) is 0 Å². The lowest BCUT2D eigenvalue weighted by Gasteiger charge is -2.39. The van der Waals surface area contributed by atoms with Crippen molar-refractivity contribution < 1.29 is 8.42 Å². The van der Waals surface area contributed by atoms with Gasteiger partial charge < -0.3 is 0 Å². The van der Waals surface area contributed by atoms with Crippen molar-refractivity contribution in [2.45, 2.75) is 50.1 Å². The maximum atomic E-state index is 13.1. The number of hydrazine groups is 1. The highest BCUT2D eigenvalue weighted by molar-refractivity contribution is 7.89. The van der Waals surface area contributed by atoms with Crippen LogP contribution in [0.25, 0.3) is 0 Å². The first kappa shape index (κ1) is 17.4. The number of sulfonamides is 1. The molecule has 2 saturated heterocycles. The highest BCUT2D eigenvalue weighted by Gasteiger charge is 2.44. The molecule has 0 spiro atoms. The van der Waals surface area contributed by atoms with Crippen molar-refractivity contribution in [3.05, 3.63) is 35.4 Å². The molecule has 25 heavy (non-hydrogen) atoms. The van der Waals surface area contributed by atoms with E-state index in [1.165, 1.54) is 11.1 Å². The van der Waals surface area contributed by atoms with Crippen molar-refractivity contribution in [1.82, 2.24) is 20.1 Å². The number of fused-ring (bicyclic) bond motifs is 1. The highest BCUT2D eigenvalue weighted by atomic mass is 32.2. The third-order valence-corrected chi connectivity index (χ3v) is 8.63. The molecular weight excluding hydrogens is 336 g/mol. The van der Waals surface area contributed by atoms with E-state index >= 15 is 0 Å². The summed E-state index contributed by atoms with van der Waals surface area (Å²) in [5.41, 5.74) is 9.01. The molecule has 2 aliphatic heterocycles. The van der Waals surface area contributed by atoms with E-state index in [2.05, 4.69) is 40.0 Å². The van der Waals surface area contributed by atoms with Gasteiger partial charge in [0, 0.05) is 44.3 Å². The third-order valence-electron chi connectivity index (χ3n) is 6.04. The van der Waals surface area contributed by atoms with Crippen LogP contribution in [0.15, 0.2) is 24.3 Å². The summed E-state index contributed by atoms with van der Waals surface area (Å²) in [6.07, 6.45) is 2.28. The van der Waals surface area contributed by atoms with Crippen LogP contribution in [0.5, 0.6) is 0 Å². The fraction of sp³-hybridized carbons (Fsp3) is 0.667. The summed E-state index contributed by atoms with van der Waals surface area (Å²) in [7, 11) is -3.29. The smallest absolute Gasteiger partial charge is 0.220 e. The number of nitrogens with one attached hydrogen (secondary N) is 2. The van der Waals surface area contributed by atoms with E-state index in [9.17, 15) is 8.42 Å². The standard InChI is InChI=1S/C18H28N4O2S/c1-13-18(14(2)20-19-13)25(23,24)22-11-9-21(10-12-22)17-8-7-15-5-3-4-6-16(15)17/h3-6,13-14,17-20H,7-12H2,1-2H3. The molecule has 2 N–H and O–H groups in total. The monoisotopic (exact) mass is 364 g/mol. The van der Waals surface area contributed by atoms with Crippen LogP contribution in [-0.2, 0) is 16.4 Å². The number of hydrogen-bond acceptors (Lipinski definition) is 5. The number of benzene rings is 1. The van der Waals surface area contributed by atoms with Gasteiger partial charge in [0.25, 0.3) is 0 Å². The molecule has 7 heteroatoms. The van der Waals surface area contributed by atoms with Gasteiger partial charge in [-0.15, -0.1) is 0 Å². The Morgan fingerprint density at radius 1 is 1.00 bits per heavy atom. The summed E-state index contributed by atoms with van der Waals surface area (Å²) in [5.74, 6) is 0. The number of nitrogens with zero attached hydrogens (tertiary/aromatic N) is 2. The predicted octanol–water partition coefficient (Wildman–Crippen LogP) is 0.875.